The first-order valence-electron chi connectivity index (χ1n) is 17.5. The molecule has 0 atom stereocenters. The molecule has 0 bridgehead atoms. The Morgan fingerprint density at radius 3 is 1.48 bits per heavy atom. The first kappa shape index (κ1) is 49.5. The molecule has 1 amide bonds. The lowest BCUT2D eigenvalue weighted by atomic mass is 10.1. The van der Waals surface area contributed by atoms with E-state index in [0.29, 0.717) is 57.1 Å². The molecule has 0 unspecified atom stereocenters. The van der Waals surface area contributed by atoms with Crippen molar-refractivity contribution in [2.75, 3.05) is 98.4 Å². The second kappa shape index (κ2) is 24.9. The van der Waals surface area contributed by atoms with Crippen LogP contribution in [-0.4, -0.2) is 140 Å². The van der Waals surface area contributed by atoms with E-state index in [2.05, 4.69) is 35.9 Å². The van der Waals surface area contributed by atoms with E-state index in [1.165, 1.54) is 19.6 Å². The molecule has 0 spiro atoms. The predicted molar refractivity (Wildman–Crippen MR) is 193 cm³/mol. The van der Waals surface area contributed by atoms with Crippen LogP contribution in [0.2, 0.25) is 0 Å². The van der Waals surface area contributed by atoms with Crippen LogP contribution < -0.4 is 11.1 Å². The van der Waals surface area contributed by atoms with Crippen LogP contribution in [-0.2, 0) is 21.8 Å². The lowest BCUT2D eigenvalue weighted by Gasteiger charge is -2.26. The summed E-state index contributed by atoms with van der Waals surface area (Å²) in [4.78, 5) is 48.2. The van der Waals surface area contributed by atoms with Crippen LogP contribution in [0.15, 0.2) is 36.4 Å². The molecule has 2 aliphatic rings. The number of morpholine rings is 2. The van der Waals surface area contributed by atoms with Gasteiger partial charge in [0.25, 0.3) is 17.3 Å². The lowest BCUT2D eigenvalue weighted by molar-refractivity contribution is -0.385. The number of rotatable bonds is 12. The molecule has 2 fully saturated rings. The van der Waals surface area contributed by atoms with Gasteiger partial charge in [0.05, 0.1) is 53.0 Å². The van der Waals surface area contributed by atoms with Crippen molar-refractivity contribution in [1.82, 2.24) is 20.0 Å². The first-order chi connectivity index (χ1) is 26.3. The van der Waals surface area contributed by atoms with E-state index in [1.54, 1.807) is 0 Å². The molecule has 2 aliphatic heterocycles. The van der Waals surface area contributed by atoms with Gasteiger partial charge in [0.1, 0.15) is 0 Å². The van der Waals surface area contributed by atoms with Gasteiger partial charge in [0.15, 0.2) is 0 Å². The molecule has 16 nitrogen and oxygen atoms in total. The summed E-state index contributed by atoms with van der Waals surface area (Å²) in [5, 5.41) is 32.0. The number of halogens is 6. The molecule has 56 heavy (non-hydrogen) atoms. The number of hydrogen-bond donors (Lipinski definition) is 3. The zero-order valence-electron chi connectivity index (χ0n) is 31.4. The number of nitro benzene ring substituents is 2. The smallest absolute Gasteiger partial charge is 0.416 e. The van der Waals surface area contributed by atoms with Crippen LogP contribution in [0.3, 0.4) is 0 Å². The van der Waals surface area contributed by atoms with Crippen LogP contribution in [0, 0.1) is 20.2 Å². The maximum atomic E-state index is 12.8. The van der Waals surface area contributed by atoms with E-state index in [9.17, 15) is 56.2 Å². The molecule has 22 heteroatoms. The summed E-state index contributed by atoms with van der Waals surface area (Å²) in [5.74, 6) is -2.44. The number of hydrogen-bond acceptors (Lipinski definition) is 12. The number of carbonyl (C=O) groups excluding carboxylic acids is 1. The molecule has 0 aromatic heterocycles. The number of amides is 1. The summed E-state index contributed by atoms with van der Waals surface area (Å²) in [6.07, 6.45) is -9.59. The minimum absolute atomic E-state index is 0.225. The van der Waals surface area contributed by atoms with Crippen LogP contribution in [0.4, 0.5) is 37.7 Å². The fraction of sp³-hybridized carbons (Fsp3) is 0.588. The number of carbonyl (C=O) groups is 2. The Morgan fingerprint density at radius 2 is 1.14 bits per heavy atom. The third kappa shape index (κ3) is 18.9. The molecule has 316 valence electrons. The van der Waals surface area contributed by atoms with E-state index < -0.39 is 67.7 Å². The number of benzene rings is 2. The summed E-state index contributed by atoms with van der Waals surface area (Å²) in [6, 6.07) is 3.04. The number of aromatic carboxylic acids is 1. The highest BCUT2D eigenvalue weighted by atomic mass is 19.4. The van der Waals surface area contributed by atoms with Gasteiger partial charge >= 0.3 is 18.3 Å². The van der Waals surface area contributed by atoms with Gasteiger partial charge in [-0.25, -0.2) is 4.79 Å². The van der Waals surface area contributed by atoms with Gasteiger partial charge in [0, 0.05) is 82.2 Å². The maximum absolute atomic E-state index is 12.8. The van der Waals surface area contributed by atoms with Crippen molar-refractivity contribution in [1.29, 1.82) is 0 Å². The summed E-state index contributed by atoms with van der Waals surface area (Å²) in [5.41, 5.74) is -0.0634. The van der Waals surface area contributed by atoms with Crippen molar-refractivity contribution in [2.24, 2.45) is 5.73 Å². The minimum atomic E-state index is -4.82. The standard InChI is InChI=1S/C14H16F3N3O4.C8H4F3NO4.C6H14N2O.C6H15N/c15-14(16,17)11-7-10(8-12(9-11)20(22)23)13(21)18-1-2-19-3-5-24-6-4-19;9-8(10,11)5-1-4(7(13)14)2-6(3-5)12(15)16;7-1-2-8-3-5-9-6-4-8;1-4-7(5-2)6-3/h7-9H,1-6H2,(H,18,21);1-3H,(H,13,14);1-7H2;4-6H2,1-3H3. The summed E-state index contributed by atoms with van der Waals surface area (Å²) >= 11 is 0. The Hall–Kier alpha value is -4.48. The molecule has 2 saturated heterocycles. The van der Waals surface area contributed by atoms with Crippen LogP contribution in [0.1, 0.15) is 52.6 Å². The number of ether oxygens (including phenoxy) is 2. The second-order valence-electron chi connectivity index (χ2n) is 11.9. The third-order valence-corrected chi connectivity index (χ3v) is 8.13. The molecule has 0 radical (unpaired) electrons. The Labute approximate surface area is 319 Å². The topological polar surface area (TPSA) is 207 Å². The average molecular weight is 814 g/mol. The van der Waals surface area contributed by atoms with E-state index >= 15 is 0 Å². The van der Waals surface area contributed by atoms with Gasteiger partial charge in [-0.15, -0.1) is 0 Å². The van der Waals surface area contributed by atoms with E-state index in [0.717, 1.165) is 45.5 Å². The molecular formula is C34H49F6N7O9. The zero-order valence-corrected chi connectivity index (χ0v) is 31.4. The summed E-state index contributed by atoms with van der Waals surface area (Å²) in [7, 11) is 0. The Kier molecular flexibility index (Phi) is 22.0. The van der Waals surface area contributed by atoms with Gasteiger partial charge in [-0.3, -0.25) is 34.8 Å². The molecule has 4 rings (SSSR count). The predicted octanol–water partition coefficient (Wildman–Crippen LogP) is 4.61. The third-order valence-electron chi connectivity index (χ3n) is 8.13. The number of carboxylic acid groups (broad SMARTS) is 1. The SMILES string of the molecule is CCN(CC)CC.NCCN1CCOCC1.O=C(NCCN1CCOCC1)c1cc([N+](=O)[O-])cc(C(F)(F)F)c1.O=C(O)c1cc([N+](=O)[O-])cc(C(F)(F)F)c1. The number of nitrogens with zero attached hydrogens (tertiary/aromatic N) is 5. The van der Waals surface area contributed by atoms with Crippen molar-refractivity contribution in [3.8, 4) is 0 Å². The van der Waals surface area contributed by atoms with Crippen molar-refractivity contribution < 1.29 is 60.4 Å². The monoisotopic (exact) mass is 813 g/mol. The van der Waals surface area contributed by atoms with E-state index in [-0.39, 0.29) is 12.6 Å². The number of non-ortho nitro benzene ring substituents is 2. The number of carboxylic acids is 1. The Morgan fingerprint density at radius 1 is 0.750 bits per heavy atom. The average Bonchev–Trinajstić information content (AvgIpc) is 3.16. The van der Waals surface area contributed by atoms with Crippen LogP contribution in [0.5, 0.6) is 0 Å². The van der Waals surface area contributed by atoms with Gasteiger partial charge < -0.3 is 30.5 Å². The first-order valence-corrected chi connectivity index (χ1v) is 17.5. The molecule has 0 aliphatic carbocycles. The zero-order chi connectivity index (χ0) is 42.5. The number of alkyl halides is 6. The number of nitrogens with one attached hydrogen (secondary N) is 1. The molecule has 2 aromatic rings. The highest BCUT2D eigenvalue weighted by Crippen LogP contribution is 2.33. The highest BCUT2D eigenvalue weighted by Gasteiger charge is 2.34. The number of nitro groups is 2. The highest BCUT2D eigenvalue weighted by molar-refractivity contribution is 5.95. The molecule has 4 N–H and O–H groups in total. The fourth-order valence-electron chi connectivity index (χ4n) is 4.95. The Balaban J connectivity index is 0.000000419. The van der Waals surface area contributed by atoms with Crippen molar-refractivity contribution in [3.63, 3.8) is 0 Å². The summed E-state index contributed by atoms with van der Waals surface area (Å²) < 4.78 is 85.5. The quantitative estimate of drug-likeness (QED) is 0.152. The van der Waals surface area contributed by atoms with Crippen molar-refractivity contribution in [3.05, 3.63) is 78.9 Å². The molecule has 0 saturated carbocycles. The molecular weight excluding hydrogens is 764 g/mol. The van der Waals surface area contributed by atoms with E-state index in [4.69, 9.17) is 20.3 Å². The van der Waals surface area contributed by atoms with Gasteiger partial charge in [-0.2, -0.15) is 26.3 Å². The van der Waals surface area contributed by atoms with Crippen molar-refractivity contribution in [2.45, 2.75) is 33.1 Å². The summed E-state index contributed by atoms with van der Waals surface area (Å²) in [6.45, 7) is 19.1. The molecule has 2 heterocycles. The van der Waals surface area contributed by atoms with E-state index in [1.807, 2.05) is 4.90 Å². The lowest BCUT2D eigenvalue weighted by Crippen LogP contribution is -2.41. The Bertz CT molecular complexity index is 1490. The molecule has 2 aromatic carbocycles. The van der Waals surface area contributed by atoms with Crippen LogP contribution >= 0.6 is 0 Å². The second-order valence-corrected chi connectivity index (χ2v) is 11.9. The normalized spacial score (nSPS) is 14.9. The fourth-order valence-corrected chi connectivity index (χ4v) is 4.95. The van der Waals surface area contributed by atoms with Gasteiger partial charge in [0.2, 0.25) is 0 Å². The van der Waals surface area contributed by atoms with Crippen LogP contribution in [0.25, 0.3) is 0 Å². The van der Waals surface area contributed by atoms with Gasteiger partial charge in [-0.05, 0) is 31.8 Å². The maximum Gasteiger partial charge on any atom is 0.416 e. The van der Waals surface area contributed by atoms with Crippen molar-refractivity contribution >= 4 is 23.3 Å². The van der Waals surface area contributed by atoms with Gasteiger partial charge in [-0.1, -0.05) is 20.8 Å². The minimum Gasteiger partial charge on any atom is -0.478 e. The largest absolute Gasteiger partial charge is 0.478 e. The number of nitrogens with two attached hydrogens (primary N) is 1.